The van der Waals surface area contributed by atoms with Crippen molar-refractivity contribution in [1.82, 2.24) is 0 Å². The minimum absolute atomic E-state index is 0.184. The van der Waals surface area contributed by atoms with E-state index in [-0.39, 0.29) is 17.1 Å². The van der Waals surface area contributed by atoms with Gasteiger partial charge in [-0.2, -0.15) is 0 Å². The number of rotatable bonds is 13. The van der Waals surface area contributed by atoms with Crippen LogP contribution in [0.2, 0.25) is 0 Å². The minimum atomic E-state index is -0.376. The van der Waals surface area contributed by atoms with E-state index in [9.17, 15) is 4.79 Å². The highest BCUT2D eigenvalue weighted by molar-refractivity contribution is 6.45. The number of hydrogen-bond acceptors (Lipinski definition) is 2. The Labute approximate surface area is 164 Å². The number of ether oxygens (including phenoxy) is 1. The number of carbonyl (C=O) groups is 1. The van der Waals surface area contributed by atoms with Crippen LogP contribution in [-0.2, 0) is 9.53 Å². The zero-order valence-corrected chi connectivity index (χ0v) is 16.9. The monoisotopic (exact) mass is 376 g/mol. The zero-order valence-electron chi connectivity index (χ0n) is 16.1. The van der Waals surface area contributed by atoms with Crippen LogP contribution in [-0.4, -0.2) is 12.1 Å². The van der Waals surface area contributed by atoms with Crippen molar-refractivity contribution >= 4 is 23.1 Å². The van der Waals surface area contributed by atoms with E-state index in [0.29, 0.717) is 0 Å². The predicted molar refractivity (Wildman–Crippen MR) is 110 cm³/mol. The van der Waals surface area contributed by atoms with E-state index in [0.717, 1.165) is 24.0 Å². The summed E-state index contributed by atoms with van der Waals surface area (Å²) in [4.78, 5) is 11.9. The molecule has 0 N–H and O–H groups in total. The quantitative estimate of drug-likeness (QED) is 0.267. The molecule has 0 saturated carbocycles. The van der Waals surface area contributed by atoms with Gasteiger partial charge < -0.3 is 4.74 Å². The molecule has 0 fully saturated rings. The van der Waals surface area contributed by atoms with E-state index in [2.05, 4.69) is 6.92 Å². The molecule has 2 nitrogen and oxygen atoms in total. The number of halogens is 1. The van der Waals surface area contributed by atoms with Gasteiger partial charge in [0.2, 0.25) is 0 Å². The lowest BCUT2D eigenvalue weighted by molar-refractivity contribution is -0.139. The largest absolute Gasteiger partial charge is 0.453 e. The Morgan fingerprint density at radius 3 is 1.96 bits per heavy atom. The molecule has 0 radical (unpaired) electrons. The van der Waals surface area contributed by atoms with Gasteiger partial charge >= 0.3 is 5.97 Å². The summed E-state index contributed by atoms with van der Waals surface area (Å²) in [6, 6.07) is 9.89. The fourth-order valence-corrected chi connectivity index (χ4v) is 3.89. The van der Waals surface area contributed by atoms with Crippen LogP contribution in [0.3, 0.4) is 0 Å². The molecular formula is C23H33ClO2. The molecule has 0 aliphatic carbocycles. The Kier molecular flexibility index (Phi) is 9.84. The second kappa shape index (κ2) is 12.2. The van der Waals surface area contributed by atoms with Gasteiger partial charge in [0.05, 0.1) is 0 Å². The molecule has 1 atom stereocenters. The normalized spacial score (nSPS) is 17.0. The number of hydrogen-bond donors (Lipinski definition) is 0. The van der Waals surface area contributed by atoms with Crippen LogP contribution < -0.4 is 0 Å². The molecule has 1 aromatic rings. The van der Waals surface area contributed by atoms with Gasteiger partial charge in [0.1, 0.15) is 11.1 Å². The Balaban J connectivity index is 1.61. The van der Waals surface area contributed by atoms with Crippen molar-refractivity contribution in [3.8, 4) is 0 Å². The first-order valence-electron chi connectivity index (χ1n) is 10.4. The standard InChI is InChI=1S/C23H33ClO2/c1-2-3-4-5-6-7-8-9-10-11-15-18-20-21(22(24)23(25)26-20)19-16-13-12-14-17-19/h12-14,16-17,20H,2-11,15,18H2,1H3/t20-/m0/s1. The van der Waals surface area contributed by atoms with Crippen molar-refractivity contribution in [2.75, 3.05) is 0 Å². The van der Waals surface area contributed by atoms with E-state index < -0.39 is 0 Å². The number of benzene rings is 1. The SMILES string of the molecule is CCCCCCCCCCCCC[C@@H]1OC(=O)C(Cl)=C1c1ccccc1. The fraction of sp³-hybridized carbons (Fsp3) is 0.609. The summed E-state index contributed by atoms with van der Waals surface area (Å²) in [5.74, 6) is -0.376. The van der Waals surface area contributed by atoms with Crippen LogP contribution in [0, 0.1) is 0 Å². The van der Waals surface area contributed by atoms with Gasteiger partial charge in [0.25, 0.3) is 0 Å². The van der Waals surface area contributed by atoms with Crippen LogP contribution in [0.4, 0.5) is 0 Å². The Morgan fingerprint density at radius 1 is 0.846 bits per heavy atom. The smallest absolute Gasteiger partial charge is 0.350 e. The molecule has 1 aliphatic heterocycles. The van der Waals surface area contributed by atoms with Crippen LogP contribution in [0.1, 0.15) is 89.5 Å². The third-order valence-corrected chi connectivity index (χ3v) is 5.50. The van der Waals surface area contributed by atoms with Gasteiger partial charge in [-0.3, -0.25) is 0 Å². The average molecular weight is 377 g/mol. The summed E-state index contributed by atoms with van der Waals surface area (Å²) in [5.41, 5.74) is 1.86. The highest BCUT2D eigenvalue weighted by atomic mass is 35.5. The number of unbranched alkanes of at least 4 members (excludes halogenated alkanes) is 10. The molecule has 2 rings (SSSR count). The molecule has 0 spiro atoms. The van der Waals surface area contributed by atoms with Crippen molar-refractivity contribution in [2.24, 2.45) is 0 Å². The third kappa shape index (κ3) is 6.79. The van der Waals surface area contributed by atoms with Gasteiger partial charge in [0, 0.05) is 5.57 Å². The van der Waals surface area contributed by atoms with Gasteiger partial charge in [-0.25, -0.2) is 4.79 Å². The zero-order chi connectivity index (χ0) is 18.6. The summed E-state index contributed by atoms with van der Waals surface area (Å²) in [6.45, 7) is 2.26. The number of esters is 1. The van der Waals surface area contributed by atoms with Crippen molar-refractivity contribution in [2.45, 2.75) is 90.1 Å². The lowest BCUT2D eigenvalue weighted by Gasteiger charge is -2.14. The van der Waals surface area contributed by atoms with E-state index in [1.54, 1.807) is 0 Å². The van der Waals surface area contributed by atoms with Crippen LogP contribution in [0.5, 0.6) is 0 Å². The Bertz CT molecular complexity index is 565. The van der Waals surface area contributed by atoms with E-state index >= 15 is 0 Å². The van der Waals surface area contributed by atoms with Crippen molar-refractivity contribution in [1.29, 1.82) is 0 Å². The van der Waals surface area contributed by atoms with Crippen molar-refractivity contribution in [3.63, 3.8) is 0 Å². The van der Waals surface area contributed by atoms with Crippen LogP contribution in [0.15, 0.2) is 35.4 Å². The van der Waals surface area contributed by atoms with Crippen LogP contribution in [0.25, 0.3) is 5.57 Å². The molecule has 3 heteroatoms. The summed E-state index contributed by atoms with van der Waals surface area (Å²) in [7, 11) is 0. The van der Waals surface area contributed by atoms with E-state index in [4.69, 9.17) is 16.3 Å². The maximum atomic E-state index is 11.9. The molecule has 0 bridgehead atoms. The minimum Gasteiger partial charge on any atom is -0.453 e. The highest BCUT2D eigenvalue weighted by Crippen LogP contribution is 2.36. The Morgan fingerprint density at radius 2 is 1.38 bits per heavy atom. The molecule has 1 aliphatic rings. The van der Waals surface area contributed by atoms with E-state index in [1.807, 2.05) is 30.3 Å². The van der Waals surface area contributed by atoms with Crippen LogP contribution >= 0.6 is 11.6 Å². The molecule has 0 saturated heterocycles. The second-order valence-electron chi connectivity index (χ2n) is 7.31. The second-order valence-corrected chi connectivity index (χ2v) is 7.69. The van der Waals surface area contributed by atoms with Gasteiger partial charge in [-0.15, -0.1) is 0 Å². The van der Waals surface area contributed by atoms with E-state index in [1.165, 1.54) is 64.2 Å². The maximum Gasteiger partial charge on any atom is 0.350 e. The first-order chi connectivity index (χ1) is 12.7. The molecule has 26 heavy (non-hydrogen) atoms. The van der Waals surface area contributed by atoms with Gasteiger partial charge in [-0.1, -0.05) is 113 Å². The lowest BCUT2D eigenvalue weighted by Crippen LogP contribution is -2.11. The predicted octanol–water partition coefficient (Wildman–Crippen LogP) is 7.26. The van der Waals surface area contributed by atoms with Gasteiger partial charge in [0.15, 0.2) is 0 Å². The molecule has 1 aromatic carbocycles. The molecule has 0 aromatic heterocycles. The lowest BCUT2D eigenvalue weighted by atomic mass is 9.97. The Hall–Kier alpha value is -1.28. The first kappa shape index (κ1) is 21.0. The van der Waals surface area contributed by atoms with Gasteiger partial charge in [-0.05, 0) is 18.4 Å². The third-order valence-electron chi connectivity index (χ3n) is 5.14. The fourth-order valence-electron chi connectivity index (χ4n) is 3.62. The number of carbonyl (C=O) groups excluding carboxylic acids is 1. The highest BCUT2D eigenvalue weighted by Gasteiger charge is 2.33. The summed E-state index contributed by atoms with van der Waals surface area (Å²) >= 11 is 6.21. The molecule has 1 heterocycles. The average Bonchev–Trinajstić information content (AvgIpc) is 2.94. The first-order valence-corrected chi connectivity index (χ1v) is 10.8. The number of cyclic esters (lactones) is 1. The summed E-state index contributed by atoms with van der Waals surface area (Å²) in [6.07, 6.45) is 15.2. The van der Waals surface area contributed by atoms with Crippen molar-refractivity contribution < 1.29 is 9.53 Å². The molecule has 144 valence electrons. The summed E-state index contributed by atoms with van der Waals surface area (Å²) < 4.78 is 5.49. The van der Waals surface area contributed by atoms with Crippen molar-refractivity contribution in [3.05, 3.63) is 40.9 Å². The summed E-state index contributed by atoms with van der Waals surface area (Å²) in [5, 5.41) is 0.254. The maximum absolute atomic E-state index is 11.9. The molecule has 0 amide bonds. The topological polar surface area (TPSA) is 26.3 Å². The molecular weight excluding hydrogens is 344 g/mol. The molecule has 0 unspecified atom stereocenters.